The molecule has 3 fully saturated rings. The molecule has 0 radical (unpaired) electrons. The molecule has 7 heteroatoms. The van der Waals surface area contributed by atoms with Crippen molar-refractivity contribution in [2.45, 2.75) is 49.5 Å². The van der Waals surface area contributed by atoms with Crippen LogP contribution in [0, 0.1) is 10.8 Å². The van der Waals surface area contributed by atoms with Crippen molar-refractivity contribution in [1.82, 2.24) is 0 Å². The Morgan fingerprint density at radius 2 is 1.63 bits per heavy atom. The van der Waals surface area contributed by atoms with Crippen molar-refractivity contribution >= 4 is 6.29 Å². The average molecular weight is 274 g/mol. The van der Waals surface area contributed by atoms with E-state index >= 15 is 0 Å². The average Bonchev–Trinajstić information content (AvgIpc) is 2.94. The molecule has 0 aromatic rings. The monoisotopic (exact) mass is 274 g/mol. The zero-order valence-electron chi connectivity index (χ0n) is 10.9. The van der Waals surface area contributed by atoms with Crippen molar-refractivity contribution in [1.29, 1.82) is 0 Å². The molecule has 19 heavy (non-hydrogen) atoms. The summed E-state index contributed by atoms with van der Waals surface area (Å²) >= 11 is 0. The lowest BCUT2D eigenvalue weighted by molar-refractivity contribution is -0.290. The second kappa shape index (κ2) is 2.74. The van der Waals surface area contributed by atoms with Gasteiger partial charge < -0.3 is 35.1 Å². The van der Waals surface area contributed by atoms with Crippen LogP contribution in [-0.2, 0) is 9.53 Å². The zero-order valence-corrected chi connectivity index (χ0v) is 10.9. The lowest BCUT2D eigenvalue weighted by atomic mass is 9.92. The number of fused-ring (bicyclic) bond motifs is 3. The molecular formula is C12H18O7. The smallest absolute Gasteiger partial charge is 0.207 e. The van der Waals surface area contributed by atoms with Gasteiger partial charge in [-0.1, -0.05) is 13.8 Å². The summed E-state index contributed by atoms with van der Waals surface area (Å²) in [7, 11) is 0. The highest BCUT2D eigenvalue weighted by Crippen LogP contribution is 2.86. The van der Waals surface area contributed by atoms with Crippen LogP contribution in [0.25, 0.3) is 0 Å². The Balaban J connectivity index is 2.24. The maximum atomic E-state index is 11.3. The van der Waals surface area contributed by atoms with Crippen molar-refractivity contribution in [3.63, 3.8) is 0 Å². The van der Waals surface area contributed by atoms with Gasteiger partial charge in [0.25, 0.3) is 0 Å². The molecule has 2 saturated carbocycles. The number of ether oxygens (including phenoxy) is 1. The van der Waals surface area contributed by atoms with Gasteiger partial charge in [0.05, 0.1) is 17.4 Å². The highest BCUT2D eigenvalue weighted by molar-refractivity contribution is 5.78. The Bertz CT molecular complexity index is 492. The normalized spacial score (nSPS) is 64.9. The Kier molecular flexibility index (Phi) is 1.94. The van der Waals surface area contributed by atoms with Crippen molar-refractivity contribution < 1.29 is 35.1 Å². The quantitative estimate of drug-likeness (QED) is 0.353. The first kappa shape index (κ1) is 13.4. The highest BCUT2D eigenvalue weighted by atomic mass is 16.7. The molecule has 0 aromatic carbocycles. The lowest BCUT2D eigenvalue weighted by Crippen LogP contribution is -2.58. The van der Waals surface area contributed by atoms with E-state index in [-0.39, 0.29) is 0 Å². The molecule has 0 spiro atoms. The van der Waals surface area contributed by atoms with Gasteiger partial charge >= 0.3 is 0 Å². The standard InChI is InChI=1S/C12H18O7/c1-7(2)10(16)11(17)8(3,5-14)9(11,15)6(4-13)19-12(7,10)18/h5-6,13,15-18H,4H2,1-3H3/t6-,8?,9-,10-,11+,12+/m1/s1. The predicted molar refractivity (Wildman–Crippen MR) is 59.7 cm³/mol. The van der Waals surface area contributed by atoms with Gasteiger partial charge in [-0.15, -0.1) is 0 Å². The summed E-state index contributed by atoms with van der Waals surface area (Å²) in [5, 5.41) is 51.6. The Morgan fingerprint density at radius 1 is 1.11 bits per heavy atom. The number of aldehydes is 1. The van der Waals surface area contributed by atoms with Crippen molar-refractivity contribution in [2.24, 2.45) is 10.8 Å². The van der Waals surface area contributed by atoms with Gasteiger partial charge in [0.2, 0.25) is 5.79 Å². The molecule has 7 nitrogen and oxygen atoms in total. The van der Waals surface area contributed by atoms with Gasteiger partial charge in [0.15, 0.2) is 5.60 Å². The minimum atomic E-state index is -2.27. The van der Waals surface area contributed by atoms with E-state index in [0.29, 0.717) is 6.29 Å². The van der Waals surface area contributed by atoms with Gasteiger partial charge in [0, 0.05) is 0 Å². The van der Waals surface area contributed by atoms with Crippen LogP contribution in [0.4, 0.5) is 0 Å². The molecule has 1 aliphatic heterocycles. The first-order valence-corrected chi connectivity index (χ1v) is 6.12. The van der Waals surface area contributed by atoms with E-state index < -0.39 is 46.1 Å². The molecule has 108 valence electrons. The molecule has 0 aromatic heterocycles. The molecule has 1 unspecified atom stereocenters. The van der Waals surface area contributed by atoms with Gasteiger partial charge in [-0.2, -0.15) is 0 Å². The van der Waals surface area contributed by atoms with E-state index in [1.54, 1.807) is 0 Å². The third-order valence-electron chi connectivity index (χ3n) is 5.92. The van der Waals surface area contributed by atoms with Gasteiger partial charge in [-0.25, -0.2) is 0 Å². The molecule has 1 heterocycles. The van der Waals surface area contributed by atoms with Crippen LogP contribution >= 0.6 is 0 Å². The number of aliphatic hydroxyl groups is 5. The maximum absolute atomic E-state index is 11.3. The SMILES string of the molecule is CC1(C)[C@@]2(O)[C@]3(O)C(C)(C=O)[C@]3(O)[C@@H](CO)O[C@@]12O. The van der Waals surface area contributed by atoms with E-state index in [9.17, 15) is 30.3 Å². The van der Waals surface area contributed by atoms with Crippen LogP contribution in [0.2, 0.25) is 0 Å². The predicted octanol–water partition coefficient (Wildman–Crippen LogP) is -2.48. The van der Waals surface area contributed by atoms with Crippen LogP contribution in [0.1, 0.15) is 20.8 Å². The number of rotatable bonds is 2. The van der Waals surface area contributed by atoms with E-state index in [0.717, 1.165) is 0 Å². The summed E-state index contributed by atoms with van der Waals surface area (Å²) in [4.78, 5) is 11.3. The fourth-order valence-corrected chi connectivity index (χ4v) is 4.31. The summed E-state index contributed by atoms with van der Waals surface area (Å²) < 4.78 is 5.22. The lowest BCUT2D eigenvalue weighted by Gasteiger charge is -2.35. The fraction of sp³-hybridized carbons (Fsp3) is 0.917. The second-order valence-electron chi connectivity index (χ2n) is 6.57. The Labute approximate surface area is 109 Å². The highest BCUT2D eigenvalue weighted by Gasteiger charge is 3.09. The molecule has 0 amide bonds. The first-order chi connectivity index (χ1) is 8.48. The summed E-state index contributed by atoms with van der Waals surface area (Å²) in [6.07, 6.45) is -1.03. The number of carbonyl (C=O) groups excluding carboxylic acids is 1. The van der Waals surface area contributed by atoms with E-state index in [1.165, 1.54) is 20.8 Å². The minimum absolute atomic E-state index is 0.330. The maximum Gasteiger partial charge on any atom is 0.207 e. The molecule has 6 atom stereocenters. The first-order valence-electron chi connectivity index (χ1n) is 6.12. The van der Waals surface area contributed by atoms with Crippen molar-refractivity contribution in [3.8, 4) is 0 Å². The third kappa shape index (κ3) is 0.749. The van der Waals surface area contributed by atoms with E-state index in [2.05, 4.69) is 0 Å². The number of hydrogen-bond donors (Lipinski definition) is 5. The van der Waals surface area contributed by atoms with Crippen LogP contribution < -0.4 is 0 Å². The van der Waals surface area contributed by atoms with Crippen molar-refractivity contribution in [2.75, 3.05) is 6.61 Å². The topological polar surface area (TPSA) is 127 Å². The van der Waals surface area contributed by atoms with Crippen LogP contribution in [0.15, 0.2) is 0 Å². The van der Waals surface area contributed by atoms with Gasteiger partial charge in [-0.3, -0.25) is 0 Å². The Morgan fingerprint density at radius 3 is 2.05 bits per heavy atom. The number of hydrogen-bond acceptors (Lipinski definition) is 7. The van der Waals surface area contributed by atoms with Crippen molar-refractivity contribution in [3.05, 3.63) is 0 Å². The van der Waals surface area contributed by atoms with Gasteiger partial charge in [0.1, 0.15) is 23.6 Å². The fourth-order valence-electron chi connectivity index (χ4n) is 4.31. The zero-order chi connectivity index (χ0) is 14.7. The van der Waals surface area contributed by atoms with E-state index in [1.807, 2.05) is 0 Å². The van der Waals surface area contributed by atoms with E-state index in [4.69, 9.17) is 4.74 Å². The summed E-state index contributed by atoms with van der Waals surface area (Å²) in [5.74, 6) is -2.12. The molecule has 0 bridgehead atoms. The van der Waals surface area contributed by atoms with Crippen LogP contribution in [0.3, 0.4) is 0 Å². The minimum Gasteiger partial charge on any atom is -0.394 e. The molecule has 3 aliphatic rings. The number of carbonyl (C=O) groups is 1. The Hall–Kier alpha value is -0.570. The number of aliphatic hydroxyl groups excluding tert-OH is 1. The summed E-state index contributed by atoms with van der Waals surface area (Å²) in [6, 6.07) is 0. The molecular weight excluding hydrogens is 256 g/mol. The van der Waals surface area contributed by atoms with Crippen LogP contribution in [-0.4, -0.2) is 67.1 Å². The molecule has 3 rings (SSSR count). The molecule has 5 N–H and O–H groups in total. The summed E-state index contributed by atoms with van der Waals surface area (Å²) in [6.45, 7) is 3.48. The van der Waals surface area contributed by atoms with Crippen LogP contribution in [0.5, 0.6) is 0 Å². The molecule has 1 saturated heterocycles. The summed E-state index contributed by atoms with van der Waals surface area (Å²) in [5.41, 5.74) is -9.58. The molecule has 2 aliphatic carbocycles. The second-order valence-corrected chi connectivity index (χ2v) is 6.57. The third-order valence-corrected chi connectivity index (χ3v) is 5.92. The largest absolute Gasteiger partial charge is 0.394 e. The van der Waals surface area contributed by atoms with Gasteiger partial charge in [-0.05, 0) is 6.92 Å².